The number of hydrogen-bond donors (Lipinski definition) is 1. The van der Waals surface area contributed by atoms with Crippen molar-refractivity contribution in [2.45, 2.75) is 18.6 Å². The minimum absolute atomic E-state index is 0.154. The van der Waals surface area contributed by atoms with E-state index in [0.29, 0.717) is 41.3 Å². The number of hydrogen-bond acceptors (Lipinski definition) is 6. The minimum Gasteiger partial charge on any atom is -0.496 e. The molecule has 0 aliphatic rings. The summed E-state index contributed by atoms with van der Waals surface area (Å²) in [5, 5.41) is 12.1. The average molecular weight is 425 g/mol. The number of anilines is 1. The number of carbonyl (C=O) groups is 1. The molecule has 1 N–H and O–H groups in total. The Hall–Kier alpha value is -3.26. The van der Waals surface area contributed by atoms with Crippen molar-refractivity contribution in [3.05, 3.63) is 61.2 Å². The summed E-state index contributed by atoms with van der Waals surface area (Å²) in [4.78, 5) is 12.5. The van der Waals surface area contributed by atoms with E-state index in [-0.39, 0.29) is 11.7 Å². The standard InChI is InChI=1S/C22H24N4O3S/c1-4-14-26-21(16-10-6-8-12-18(16)28-3)24-25-22(26)30-15-20(27)23-17-11-7-9-13-19(17)29-5-2/h4,6-13H,1,5,14-15H2,2-3H3,(H,23,27). The molecule has 0 aliphatic heterocycles. The van der Waals surface area contributed by atoms with Crippen LogP contribution in [0.5, 0.6) is 11.5 Å². The molecule has 1 aromatic heterocycles. The summed E-state index contributed by atoms with van der Waals surface area (Å²) in [5.41, 5.74) is 1.48. The van der Waals surface area contributed by atoms with Crippen LogP contribution < -0.4 is 14.8 Å². The van der Waals surface area contributed by atoms with Crippen LogP contribution in [0.1, 0.15) is 6.92 Å². The van der Waals surface area contributed by atoms with Crippen LogP contribution in [0, 0.1) is 0 Å². The van der Waals surface area contributed by atoms with E-state index in [2.05, 4.69) is 22.1 Å². The van der Waals surface area contributed by atoms with Crippen molar-refractivity contribution in [2.24, 2.45) is 0 Å². The van der Waals surface area contributed by atoms with Gasteiger partial charge in [-0.25, -0.2) is 0 Å². The van der Waals surface area contributed by atoms with Crippen LogP contribution in [0.3, 0.4) is 0 Å². The second kappa shape index (κ2) is 10.5. The highest BCUT2D eigenvalue weighted by molar-refractivity contribution is 7.99. The van der Waals surface area contributed by atoms with Crippen molar-refractivity contribution in [1.29, 1.82) is 0 Å². The first kappa shape index (κ1) is 21.4. The first-order valence-corrected chi connectivity index (χ1v) is 10.5. The fourth-order valence-corrected chi connectivity index (χ4v) is 3.63. The average Bonchev–Trinajstić information content (AvgIpc) is 3.16. The Morgan fingerprint density at radius 1 is 1.17 bits per heavy atom. The number of aromatic nitrogens is 3. The van der Waals surface area contributed by atoms with E-state index in [1.807, 2.05) is 60.0 Å². The van der Waals surface area contributed by atoms with Crippen molar-refractivity contribution < 1.29 is 14.3 Å². The van der Waals surface area contributed by atoms with Gasteiger partial charge in [0.25, 0.3) is 0 Å². The molecule has 1 amide bonds. The molecule has 3 aromatic rings. The van der Waals surface area contributed by atoms with E-state index in [1.54, 1.807) is 13.2 Å². The van der Waals surface area contributed by atoms with Crippen molar-refractivity contribution >= 4 is 23.4 Å². The molecule has 0 spiro atoms. The maximum absolute atomic E-state index is 12.5. The van der Waals surface area contributed by atoms with Gasteiger partial charge in [0.2, 0.25) is 5.91 Å². The van der Waals surface area contributed by atoms with E-state index in [1.165, 1.54) is 11.8 Å². The van der Waals surface area contributed by atoms with Crippen LogP contribution in [0.4, 0.5) is 5.69 Å². The van der Waals surface area contributed by atoms with Gasteiger partial charge < -0.3 is 14.8 Å². The van der Waals surface area contributed by atoms with Crippen molar-refractivity contribution in [2.75, 3.05) is 24.8 Å². The molecule has 1 heterocycles. The lowest BCUT2D eigenvalue weighted by molar-refractivity contribution is -0.113. The lowest BCUT2D eigenvalue weighted by Crippen LogP contribution is -2.15. The number of amides is 1. The molecule has 0 saturated heterocycles. The molecule has 0 saturated carbocycles. The molecule has 0 fully saturated rings. The number of allylic oxidation sites excluding steroid dienone is 1. The van der Waals surface area contributed by atoms with Crippen LogP contribution in [0.25, 0.3) is 11.4 Å². The number of benzene rings is 2. The van der Waals surface area contributed by atoms with E-state index in [0.717, 1.165) is 5.56 Å². The molecule has 7 nitrogen and oxygen atoms in total. The minimum atomic E-state index is -0.154. The van der Waals surface area contributed by atoms with E-state index >= 15 is 0 Å². The number of rotatable bonds is 10. The van der Waals surface area contributed by atoms with Crippen molar-refractivity contribution in [1.82, 2.24) is 14.8 Å². The van der Waals surface area contributed by atoms with Gasteiger partial charge in [0, 0.05) is 6.54 Å². The first-order valence-electron chi connectivity index (χ1n) is 9.49. The second-order valence-corrected chi connectivity index (χ2v) is 7.11. The second-order valence-electron chi connectivity index (χ2n) is 6.17. The molecule has 30 heavy (non-hydrogen) atoms. The summed E-state index contributed by atoms with van der Waals surface area (Å²) < 4.78 is 12.9. The van der Waals surface area contributed by atoms with Crippen LogP contribution in [-0.4, -0.2) is 40.1 Å². The van der Waals surface area contributed by atoms with Gasteiger partial charge in [-0.05, 0) is 31.2 Å². The summed E-state index contributed by atoms with van der Waals surface area (Å²) in [5.74, 6) is 2.04. The van der Waals surface area contributed by atoms with Gasteiger partial charge in [0.15, 0.2) is 11.0 Å². The molecule has 0 bridgehead atoms. The van der Waals surface area contributed by atoms with Gasteiger partial charge in [-0.1, -0.05) is 42.1 Å². The summed E-state index contributed by atoms with van der Waals surface area (Å²) in [6.45, 7) is 6.76. The molecule has 0 unspecified atom stereocenters. The third-order valence-corrected chi connectivity index (χ3v) is 5.14. The fraction of sp³-hybridized carbons (Fsp3) is 0.227. The summed E-state index contributed by atoms with van der Waals surface area (Å²) >= 11 is 1.31. The normalized spacial score (nSPS) is 10.5. The number of nitrogens with one attached hydrogen (secondary N) is 1. The van der Waals surface area contributed by atoms with Gasteiger partial charge in [-0.3, -0.25) is 9.36 Å². The number of nitrogens with zero attached hydrogens (tertiary/aromatic N) is 3. The molecule has 0 radical (unpaired) electrons. The quantitative estimate of drug-likeness (QED) is 0.387. The lowest BCUT2D eigenvalue weighted by atomic mass is 10.2. The van der Waals surface area contributed by atoms with Crippen molar-refractivity contribution in [3.8, 4) is 22.9 Å². The largest absolute Gasteiger partial charge is 0.496 e. The Morgan fingerprint density at radius 2 is 1.90 bits per heavy atom. The number of para-hydroxylation sites is 3. The van der Waals surface area contributed by atoms with E-state index < -0.39 is 0 Å². The molecular weight excluding hydrogens is 400 g/mol. The SMILES string of the molecule is C=CCn1c(SCC(=O)Nc2ccccc2OCC)nnc1-c1ccccc1OC. The maximum Gasteiger partial charge on any atom is 0.234 e. The summed E-state index contributed by atoms with van der Waals surface area (Å²) in [6.07, 6.45) is 1.77. The Kier molecular flexibility index (Phi) is 7.51. The van der Waals surface area contributed by atoms with Gasteiger partial charge in [-0.2, -0.15) is 0 Å². The third-order valence-electron chi connectivity index (χ3n) is 4.17. The molecular formula is C22H24N4O3S. The van der Waals surface area contributed by atoms with Gasteiger partial charge in [0.1, 0.15) is 11.5 Å². The number of methoxy groups -OCH3 is 1. The summed E-state index contributed by atoms with van der Waals surface area (Å²) in [7, 11) is 1.62. The Morgan fingerprint density at radius 3 is 2.63 bits per heavy atom. The predicted molar refractivity (Wildman–Crippen MR) is 119 cm³/mol. The Balaban J connectivity index is 1.75. The van der Waals surface area contributed by atoms with Gasteiger partial charge >= 0.3 is 0 Å². The number of ether oxygens (including phenoxy) is 2. The van der Waals surface area contributed by atoms with E-state index in [9.17, 15) is 4.79 Å². The lowest BCUT2D eigenvalue weighted by Gasteiger charge is -2.12. The monoisotopic (exact) mass is 424 g/mol. The maximum atomic E-state index is 12.5. The van der Waals surface area contributed by atoms with Crippen LogP contribution in [-0.2, 0) is 11.3 Å². The Labute approximate surface area is 180 Å². The molecule has 156 valence electrons. The zero-order valence-electron chi connectivity index (χ0n) is 17.0. The van der Waals surface area contributed by atoms with Crippen LogP contribution in [0.15, 0.2) is 66.3 Å². The topological polar surface area (TPSA) is 78.3 Å². The Bertz CT molecular complexity index is 1020. The molecule has 8 heteroatoms. The molecule has 0 aliphatic carbocycles. The van der Waals surface area contributed by atoms with Crippen LogP contribution in [0.2, 0.25) is 0 Å². The molecule has 0 atom stereocenters. The highest BCUT2D eigenvalue weighted by Crippen LogP contribution is 2.31. The molecule has 3 rings (SSSR count). The zero-order valence-corrected chi connectivity index (χ0v) is 17.8. The zero-order chi connectivity index (χ0) is 21.3. The smallest absolute Gasteiger partial charge is 0.234 e. The number of thioether (sulfide) groups is 1. The van der Waals surface area contributed by atoms with Crippen molar-refractivity contribution in [3.63, 3.8) is 0 Å². The van der Waals surface area contributed by atoms with Gasteiger partial charge in [0.05, 0.1) is 30.7 Å². The number of carbonyl (C=O) groups excluding carboxylic acids is 1. The summed E-state index contributed by atoms with van der Waals surface area (Å²) in [6, 6.07) is 15.0. The van der Waals surface area contributed by atoms with E-state index in [4.69, 9.17) is 9.47 Å². The molecule has 2 aromatic carbocycles. The third kappa shape index (κ3) is 5.01. The van der Waals surface area contributed by atoms with Gasteiger partial charge in [-0.15, -0.1) is 16.8 Å². The predicted octanol–water partition coefficient (Wildman–Crippen LogP) is 4.27. The highest BCUT2D eigenvalue weighted by Gasteiger charge is 2.18. The fourth-order valence-electron chi connectivity index (χ4n) is 2.89. The first-order chi connectivity index (χ1) is 14.7. The highest BCUT2D eigenvalue weighted by atomic mass is 32.2. The van der Waals surface area contributed by atoms with Crippen LogP contribution >= 0.6 is 11.8 Å².